The highest BCUT2D eigenvalue weighted by Gasteiger charge is 2.27. The van der Waals surface area contributed by atoms with Gasteiger partial charge in [0.25, 0.3) is 5.91 Å². The van der Waals surface area contributed by atoms with E-state index in [4.69, 9.17) is 4.74 Å². The summed E-state index contributed by atoms with van der Waals surface area (Å²) < 4.78 is 7.54. The lowest BCUT2D eigenvalue weighted by atomic mass is 10.2. The summed E-state index contributed by atoms with van der Waals surface area (Å²) in [5.41, 5.74) is 1.53. The van der Waals surface area contributed by atoms with Crippen molar-refractivity contribution in [3.05, 3.63) is 60.3 Å². The first-order chi connectivity index (χ1) is 12.2. The van der Waals surface area contributed by atoms with E-state index in [0.29, 0.717) is 25.3 Å². The Balaban J connectivity index is 1.48. The molecule has 1 atom stereocenters. The van der Waals surface area contributed by atoms with Crippen LogP contribution in [0, 0.1) is 6.92 Å². The third-order valence-electron chi connectivity index (χ3n) is 4.14. The van der Waals surface area contributed by atoms with Crippen LogP contribution in [0.5, 0.6) is 0 Å². The van der Waals surface area contributed by atoms with Crippen LogP contribution in [-0.4, -0.2) is 55.0 Å². The second kappa shape index (κ2) is 6.48. The Hall–Kier alpha value is -3.00. The molecule has 0 aliphatic carbocycles. The maximum atomic E-state index is 12.8. The first kappa shape index (κ1) is 15.5. The van der Waals surface area contributed by atoms with Crippen LogP contribution >= 0.6 is 0 Å². The summed E-state index contributed by atoms with van der Waals surface area (Å²) in [4.78, 5) is 30.4. The van der Waals surface area contributed by atoms with Crippen LogP contribution in [-0.2, 0) is 4.74 Å². The van der Waals surface area contributed by atoms with E-state index in [1.807, 2.05) is 19.2 Å². The number of amides is 1. The number of ether oxygens (including phenoxy) is 1. The molecule has 25 heavy (non-hydrogen) atoms. The Morgan fingerprint density at radius 1 is 1.32 bits per heavy atom. The number of hydrogen-bond acceptors (Lipinski definition) is 5. The monoisotopic (exact) mass is 338 g/mol. The fourth-order valence-electron chi connectivity index (χ4n) is 2.84. The number of hydrogen-bond donors (Lipinski definition) is 1. The van der Waals surface area contributed by atoms with Crippen molar-refractivity contribution in [1.29, 1.82) is 0 Å². The average molecular weight is 338 g/mol. The fourth-order valence-corrected chi connectivity index (χ4v) is 2.84. The van der Waals surface area contributed by atoms with Crippen LogP contribution in [0.3, 0.4) is 0 Å². The third kappa shape index (κ3) is 3.16. The fraction of sp³-hybridized carbons (Fsp3) is 0.294. The van der Waals surface area contributed by atoms with Gasteiger partial charge in [-0.3, -0.25) is 9.36 Å². The number of rotatable bonds is 3. The van der Waals surface area contributed by atoms with E-state index in [1.165, 1.54) is 0 Å². The van der Waals surface area contributed by atoms with E-state index in [-0.39, 0.29) is 12.0 Å². The van der Waals surface area contributed by atoms with Crippen molar-refractivity contribution in [1.82, 2.24) is 29.4 Å². The molecule has 1 saturated heterocycles. The quantitative estimate of drug-likeness (QED) is 0.782. The first-order valence-corrected chi connectivity index (χ1v) is 8.07. The largest absolute Gasteiger partial charge is 0.367 e. The Morgan fingerprint density at radius 2 is 2.24 bits per heavy atom. The second-order valence-electron chi connectivity index (χ2n) is 5.94. The summed E-state index contributed by atoms with van der Waals surface area (Å²) in [7, 11) is 0. The number of H-pyrrole nitrogens is 1. The van der Waals surface area contributed by atoms with Gasteiger partial charge in [-0.25, -0.2) is 15.0 Å². The van der Waals surface area contributed by atoms with E-state index in [2.05, 4.69) is 19.9 Å². The van der Waals surface area contributed by atoms with Gasteiger partial charge in [0.1, 0.15) is 24.1 Å². The number of aromatic nitrogens is 5. The van der Waals surface area contributed by atoms with Gasteiger partial charge in [-0.05, 0) is 19.1 Å². The molecule has 128 valence electrons. The van der Waals surface area contributed by atoms with Gasteiger partial charge in [-0.15, -0.1) is 0 Å². The Labute approximate surface area is 144 Å². The molecule has 1 amide bonds. The highest BCUT2D eigenvalue weighted by atomic mass is 16.5. The maximum Gasteiger partial charge on any atom is 0.255 e. The molecule has 1 fully saturated rings. The van der Waals surface area contributed by atoms with Crippen LogP contribution < -0.4 is 0 Å². The zero-order valence-corrected chi connectivity index (χ0v) is 13.8. The van der Waals surface area contributed by atoms with Gasteiger partial charge in [0, 0.05) is 37.0 Å². The molecule has 0 spiro atoms. The lowest BCUT2D eigenvalue weighted by Crippen LogP contribution is -2.42. The van der Waals surface area contributed by atoms with E-state index >= 15 is 0 Å². The zero-order valence-electron chi connectivity index (χ0n) is 13.8. The Bertz CT molecular complexity index is 856. The molecule has 1 aliphatic heterocycles. The zero-order chi connectivity index (χ0) is 17.2. The van der Waals surface area contributed by atoms with Crippen LogP contribution in [0.15, 0.2) is 43.2 Å². The molecule has 8 nitrogen and oxygen atoms in total. The third-order valence-corrected chi connectivity index (χ3v) is 4.14. The molecule has 3 aromatic heterocycles. The normalized spacial score (nSPS) is 17.6. The number of imidazole rings is 2. The standard InChI is InChI=1S/C17H18N6O2/c1-12-8-20-16(21-12)14-10-22(6-7-25-14)17(24)13-2-3-15(19-9-13)23-5-4-18-11-23/h2-5,8-9,11,14H,6-7,10H2,1H3,(H,20,21)/t14-/m0/s1. The molecule has 4 rings (SSSR count). The van der Waals surface area contributed by atoms with Crippen molar-refractivity contribution in [3.8, 4) is 5.82 Å². The van der Waals surface area contributed by atoms with Crippen LogP contribution in [0.25, 0.3) is 5.82 Å². The van der Waals surface area contributed by atoms with Crippen molar-refractivity contribution < 1.29 is 9.53 Å². The Kier molecular flexibility index (Phi) is 4.02. The predicted molar refractivity (Wildman–Crippen MR) is 89.3 cm³/mol. The highest BCUT2D eigenvalue weighted by molar-refractivity contribution is 5.94. The number of pyridine rings is 1. The van der Waals surface area contributed by atoms with Crippen LogP contribution in [0.2, 0.25) is 0 Å². The van der Waals surface area contributed by atoms with Gasteiger partial charge in [0.15, 0.2) is 0 Å². The molecule has 3 aromatic rings. The lowest BCUT2D eigenvalue weighted by molar-refractivity contribution is -0.0264. The molecular weight excluding hydrogens is 320 g/mol. The van der Waals surface area contributed by atoms with Gasteiger partial charge in [-0.1, -0.05) is 0 Å². The van der Waals surface area contributed by atoms with E-state index in [0.717, 1.165) is 17.3 Å². The number of carbonyl (C=O) groups is 1. The first-order valence-electron chi connectivity index (χ1n) is 8.07. The summed E-state index contributed by atoms with van der Waals surface area (Å²) in [6, 6.07) is 3.59. The molecule has 8 heteroatoms. The molecule has 0 unspecified atom stereocenters. The van der Waals surface area contributed by atoms with Crippen LogP contribution in [0.1, 0.15) is 28.0 Å². The molecule has 0 radical (unpaired) electrons. The van der Waals surface area contributed by atoms with E-state index < -0.39 is 0 Å². The molecule has 4 heterocycles. The highest BCUT2D eigenvalue weighted by Crippen LogP contribution is 2.21. The topological polar surface area (TPSA) is 88.9 Å². The van der Waals surface area contributed by atoms with Crippen molar-refractivity contribution >= 4 is 5.91 Å². The minimum absolute atomic E-state index is 0.0544. The number of aromatic amines is 1. The summed E-state index contributed by atoms with van der Waals surface area (Å²) in [5, 5.41) is 0. The molecule has 0 bridgehead atoms. The van der Waals surface area contributed by atoms with Crippen molar-refractivity contribution in [2.45, 2.75) is 13.0 Å². The van der Waals surface area contributed by atoms with Crippen molar-refractivity contribution in [2.75, 3.05) is 19.7 Å². The minimum Gasteiger partial charge on any atom is -0.367 e. The van der Waals surface area contributed by atoms with Crippen molar-refractivity contribution in [2.24, 2.45) is 0 Å². The Morgan fingerprint density at radius 3 is 2.92 bits per heavy atom. The van der Waals surface area contributed by atoms with Crippen molar-refractivity contribution in [3.63, 3.8) is 0 Å². The summed E-state index contributed by atoms with van der Waals surface area (Å²) in [5.74, 6) is 1.42. The number of aryl methyl sites for hydroxylation is 1. The SMILES string of the molecule is Cc1cnc([C@@H]2CN(C(=O)c3ccc(-n4ccnc4)nc3)CCO2)[nH]1. The van der Waals surface area contributed by atoms with Gasteiger partial charge in [-0.2, -0.15) is 0 Å². The summed E-state index contributed by atoms with van der Waals surface area (Å²) in [6.07, 6.45) is 8.29. The van der Waals surface area contributed by atoms with E-state index in [9.17, 15) is 4.79 Å². The second-order valence-corrected chi connectivity index (χ2v) is 5.94. The van der Waals surface area contributed by atoms with Gasteiger partial charge in [0.05, 0.1) is 18.7 Å². The predicted octanol–water partition coefficient (Wildman–Crippen LogP) is 1.51. The van der Waals surface area contributed by atoms with Crippen LogP contribution in [0.4, 0.5) is 0 Å². The van der Waals surface area contributed by atoms with Gasteiger partial charge in [0.2, 0.25) is 0 Å². The smallest absolute Gasteiger partial charge is 0.255 e. The maximum absolute atomic E-state index is 12.8. The average Bonchev–Trinajstić information content (AvgIpc) is 3.33. The number of nitrogens with zero attached hydrogens (tertiary/aromatic N) is 5. The number of nitrogens with one attached hydrogen (secondary N) is 1. The summed E-state index contributed by atoms with van der Waals surface area (Å²) in [6.45, 7) is 3.44. The lowest BCUT2D eigenvalue weighted by Gasteiger charge is -2.32. The summed E-state index contributed by atoms with van der Waals surface area (Å²) >= 11 is 0. The van der Waals surface area contributed by atoms with Gasteiger partial charge >= 0.3 is 0 Å². The van der Waals surface area contributed by atoms with E-state index in [1.54, 1.807) is 40.5 Å². The molecule has 0 saturated carbocycles. The molecule has 1 N–H and O–H groups in total. The molecular formula is C17H18N6O2. The molecule has 1 aliphatic rings. The number of morpholine rings is 1. The molecule has 0 aromatic carbocycles. The number of carbonyl (C=O) groups excluding carboxylic acids is 1. The minimum atomic E-state index is -0.232. The van der Waals surface area contributed by atoms with Gasteiger partial charge < -0.3 is 14.6 Å².